The molecule has 0 aliphatic carbocycles. The summed E-state index contributed by atoms with van der Waals surface area (Å²) in [6.45, 7) is 5.36. The van der Waals surface area contributed by atoms with Crippen LogP contribution in [0.2, 0.25) is 0 Å². The van der Waals surface area contributed by atoms with Gasteiger partial charge >= 0.3 is 5.97 Å². The number of hydrazone groups is 1. The molecule has 0 fully saturated rings. The highest BCUT2D eigenvalue weighted by Crippen LogP contribution is 2.28. The van der Waals surface area contributed by atoms with Crippen molar-refractivity contribution < 1.29 is 23.8 Å². The van der Waals surface area contributed by atoms with Crippen LogP contribution < -0.4 is 19.6 Å². The number of carbonyl (C=O) groups excluding carboxylic acids is 2. The second kappa shape index (κ2) is 12.5. The summed E-state index contributed by atoms with van der Waals surface area (Å²) in [4.78, 5) is 24.8. The highest BCUT2D eigenvalue weighted by molar-refractivity contribution is 9.10. The van der Waals surface area contributed by atoms with Crippen LogP contribution in [0.5, 0.6) is 17.2 Å². The number of nitrogens with one attached hydrogen (secondary N) is 1. The van der Waals surface area contributed by atoms with Crippen molar-refractivity contribution in [1.82, 2.24) is 5.43 Å². The molecule has 8 heteroatoms. The zero-order valence-corrected chi connectivity index (χ0v) is 21.0. The Balaban J connectivity index is 1.62. The number of esters is 1. The second-order valence-electron chi connectivity index (χ2n) is 7.50. The molecule has 7 nitrogen and oxygen atoms in total. The number of rotatable bonds is 10. The Morgan fingerprint density at radius 3 is 2.60 bits per heavy atom. The summed E-state index contributed by atoms with van der Waals surface area (Å²) in [7, 11) is 1.53. The van der Waals surface area contributed by atoms with Crippen LogP contribution in [0.3, 0.4) is 0 Å². The number of halogens is 1. The van der Waals surface area contributed by atoms with Crippen molar-refractivity contribution in [3.63, 3.8) is 0 Å². The summed E-state index contributed by atoms with van der Waals surface area (Å²) >= 11 is 3.39. The number of allylic oxidation sites excluding steroid dienone is 1. The first kappa shape index (κ1) is 25.7. The van der Waals surface area contributed by atoms with Crippen LogP contribution in [0.15, 0.2) is 82.9 Å². The van der Waals surface area contributed by atoms with Crippen molar-refractivity contribution in [3.8, 4) is 17.2 Å². The zero-order valence-electron chi connectivity index (χ0n) is 19.4. The van der Waals surface area contributed by atoms with Crippen LogP contribution >= 0.6 is 15.9 Å². The van der Waals surface area contributed by atoms with Gasteiger partial charge in [-0.15, -0.1) is 6.58 Å². The van der Waals surface area contributed by atoms with E-state index in [4.69, 9.17) is 14.2 Å². The first-order chi connectivity index (χ1) is 16.9. The van der Waals surface area contributed by atoms with Crippen LogP contribution in [0.4, 0.5) is 0 Å². The third-order valence-electron chi connectivity index (χ3n) is 4.79. The highest BCUT2D eigenvalue weighted by Gasteiger charge is 2.12. The first-order valence-corrected chi connectivity index (χ1v) is 11.5. The fraction of sp³-hybridized carbons (Fsp3) is 0.148. The molecule has 180 valence electrons. The fourth-order valence-corrected chi connectivity index (χ4v) is 3.50. The highest BCUT2D eigenvalue weighted by atomic mass is 79.9. The first-order valence-electron chi connectivity index (χ1n) is 10.7. The monoisotopic (exact) mass is 536 g/mol. The van der Waals surface area contributed by atoms with E-state index < -0.39 is 11.9 Å². The minimum absolute atomic E-state index is 0.262. The molecule has 1 N–H and O–H groups in total. The molecule has 0 unspecified atom stereocenters. The van der Waals surface area contributed by atoms with E-state index in [1.165, 1.54) is 13.3 Å². The van der Waals surface area contributed by atoms with Crippen molar-refractivity contribution >= 4 is 34.0 Å². The van der Waals surface area contributed by atoms with Crippen LogP contribution in [-0.2, 0) is 11.2 Å². The van der Waals surface area contributed by atoms with Crippen LogP contribution in [0.1, 0.15) is 27.0 Å². The Bertz CT molecular complexity index is 1260. The molecule has 0 aromatic heterocycles. The third-order valence-corrected chi connectivity index (χ3v) is 5.28. The maximum Gasteiger partial charge on any atom is 0.343 e. The number of benzene rings is 3. The normalized spacial score (nSPS) is 10.6. The molecule has 0 bridgehead atoms. The number of hydrogen-bond donors (Lipinski definition) is 1. The maximum atomic E-state index is 12.5. The van der Waals surface area contributed by atoms with Gasteiger partial charge in [0.05, 0.1) is 18.9 Å². The maximum absolute atomic E-state index is 12.5. The molecule has 0 aliphatic rings. The lowest BCUT2D eigenvalue weighted by atomic mass is 10.1. The molecule has 3 rings (SSSR count). The minimum Gasteiger partial charge on any atom is -0.493 e. The molecule has 0 saturated heterocycles. The van der Waals surface area contributed by atoms with Crippen LogP contribution in [0, 0.1) is 6.92 Å². The number of nitrogens with zero attached hydrogens (tertiary/aromatic N) is 1. The second-order valence-corrected chi connectivity index (χ2v) is 8.42. The van der Waals surface area contributed by atoms with Crippen molar-refractivity contribution in [1.29, 1.82) is 0 Å². The van der Waals surface area contributed by atoms with Gasteiger partial charge in [0, 0.05) is 10.0 Å². The Morgan fingerprint density at radius 1 is 1.06 bits per heavy atom. The summed E-state index contributed by atoms with van der Waals surface area (Å²) in [6, 6.07) is 17.7. The molecule has 0 heterocycles. The number of ether oxygens (including phenoxy) is 3. The van der Waals surface area contributed by atoms with Gasteiger partial charge in [-0.2, -0.15) is 5.10 Å². The summed E-state index contributed by atoms with van der Waals surface area (Å²) in [5.41, 5.74) is 5.32. The van der Waals surface area contributed by atoms with Crippen molar-refractivity contribution in [3.05, 3.63) is 100 Å². The van der Waals surface area contributed by atoms with E-state index >= 15 is 0 Å². The van der Waals surface area contributed by atoms with Crippen molar-refractivity contribution in [2.24, 2.45) is 5.10 Å². The fourth-order valence-electron chi connectivity index (χ4n) is 3.12. The third kappa shape index (κ3) is 7.55. The Kier molecular flexibility index (Phi) is 9.20. The SMILES string of the molecule is C=CCc1ccc(OCC(=O)N/N=C\c2cc(Br)ccc2OC(=O)c2cccc(C)c2)c(OC)c1. The summed E-state index contributed by atoms with van der Waals surface area (Å²) in [5, 5.41) is 3.97. The topological polar surface area (TPSA) is 86.2 Å². The van der Waals surface area contributed by atoms with Crippen molar-refractivity contribution in [2.45, 2.75) is 13.3 Å². The van der Waals surface area contributed by atoms with E-state index in [0.29, 0.717) is 34.8 Å². The molecule has 0 aliphatic heterocycles. The minimum atomic E-state index is -0.490. The standard InChI is InChI=1S/C27H25BrN2O5/c1-4-6-19-9-11-24(25(14-19)33-3)34-17-26(31)30-29-16-21-15-22(28)10-12-23(21)35-27(32)20-8-5-7-18(2)13-20/h4-5,7-16H,1,6,17H2,2-3H3,(H,30,31)/b29-16-. The molecule has 0 radical (unpaired) electrons. The van der Waals surface area contributed by atoms with Crippen LogP contribution in [0.25, 0.3) is 0 Å². The summed E-state index contributed by atoms with van der Waals surface area (Å²) < 4.78 is 17.2. The van der Waals surface area contributed by atoms with E-state index in [1.54, 1.807) is 48.5 Å². The van der Waals surface area contributed by atoms with Gasteiger partial charge in [0.2, 0.25) is 0 Å². The van der Waals surface area contributed by atoms with Crippen LogP contribution in [-0.4, -0.2) is 31.8 Å². The predicted molar refractivity (Wildman–Crippen MR) is 138 cm³/mol. The van der Waals surface area contributed by atoms with Crippen molar-refractivity contribution in [2.75, 3.05) is 13.7 Å². The number of amides is 1. The van der Waals surface area contributed by atoms with Gasteiger partial charge in [0.25, 0.3) is 5.91 Å². The smallest absolute Gasteiger partial charge is 0.343 e. The Labute approximate surface area is 212 Å². The number of carbonyl (C=O) groups is 2. The van der Waals surface area contributed by atoms with E-state index in [-0.39, 0.29) is 6.61 Å². The molecule has 0 spiro atoms. The predicted octanol–water partition coefficient (Wildman–Crippen LogP) is 5.24. The van der Waals surface area contributed by atoms with E-state index in [1.807, 2.05) is 25.1 Å². The van der Waals surface area contributed by atoms with Gasteiger partial charge in [-0.1, -0.05) is 45.8 Å². The van der Waals surface area contributed by atoms with Gasteiger partial charge < -0.3 is 14.2 Å². The Hall–Kier alpha value is -3.91. The molecule has 1 amide bonds. The van der Waals surface area contributed by atoms with Gasteiger partial charge in [0.15, 0.2) is 18.1 Å². The van der Waals surface area contributed by atoms with E-state index in [9.17, 15) is 9.59 Å². The molecule has 35 heavy (non-hydrogen) atoms. The van der Waals surface area contributed by atoms with Gasteiger partial charge in [0.1, 0.15) is 5.75 Å². The molecular formula is C27H25BrN2O5. The summed E-state index contributed by atoms with van der Waals surface area (Å²) in [6.07, 6.45) is 3.89. The molecular weight excluding hydrogens is 512 g/mol. The lowest BCUT2D eigenvalue weighted by molar-refractivity contribution is -0.123. The molecule has 3 aromatic carbocycles. The van der Waals surface area contributed by atoms with E-state index in [0.717, 1.165) is 15.6 Å². The largest absolute Gasteiger partial charge is 0.493 e. The van der Waals surface area contributed by atoms with Gasteiger partial charge in [-0.05, 0) is 61.4 Å². The zero-order chi connectivity index (χ0) is 25.2. The average molecular weight is 537 g/mol. The lowest BCUT2D eigenvalue weighted by Crippen LogP contribution is -2.24. The molecule has 0 atom stereocenters. The number of methoxy groups -OCH3 is 1. The quantitative estimate of drug-likeness (QED) is 0.126. The summed E-state index contributed by atoms with van der Waals surface area (Å²) in [5.74, 6) is 0.313. The van der Waals surface area contributed by atoms with Gasteiger partial charge in [-0.25, -0.2) is 10.2 Å². The average Bonchev–Trinajstić information content (AvgIpc) is 2.84. The van der Waals surface area contributed by atoms with Gasteiger partial charge in [-0.3, -0.25) is 4.79 Å². The molecule has 3 aromatic rings. The lowest BCUT2D eigenvalue weighted by Gasteiger charge is -2.11. The number of aryl methyl sites for hydroxylation is 1. The Morgan fingerprint density at radius 2 is 1.86 bits per heavy atom. The number of hydrogen-bond acceptors (Lipinski definition) is 6. The molecule has 0 saturated carbocycles. The van der Waals surface area contributed by atoms with E-state index in [2.05, 4.69) is 33.0 Å².